The van der Waals surface area contributed by atoms with E-state index in [-0.39, 0.29) is 16.2 Å². The fraction of sp³-hybridized carbons (Fsp3) is 0.444. The summed E-state index contributed by atoms with van der Waals surface area (Å²) in [6, 6.07) is 6.31. The van der Waals surface area contributed by atoms with Crippen molar-refractivity contribution in [1.82, 2.24) is 15.0 Å². The van der Waals surface area contributed by atoms with Crippen molar-refractivity contribution in [3.8, 4) is 0 Å². The van der Waals surface area contributed by atoms with E-state index in [4.69, 9.17) is 14.7 Å². The first kappa shape index (κ1) is 36.2. The van der Waals surface area contributed by atoms with Crippen molar-refractivity contribution in [2.45, 2.75) is 78.6 Å². The van der Waals surface area contributed by atoms with Crippen LogP contribution in [0.3, 0.4) is 0 Å². The maximum Gasteiger partial charge on any atom is 0.324 e. The molecule has 0 fully saturated rings. The third kappa shape index (κ3) is 17.4. The predicted octanol–water partition coefficient (Wildman–Crippen LogP) is 8.62. The van der Waals surface area contributed by atoms with Gasteiger partial charge in [-0.05, 0) is 98.9 Å². The van der Waals surface area contributed by atoms with Crippen LogP contribution < -0.4 is 0 Å². The molecule has 3 rings (SSSR count). The van der Waals surface area contributed by atoms with Crippen molar-refractivity contribution in [2.24, 2.45) is 0 Å². The first-order valence-electron chi connectivity index (χ1n) is 11.4. The minimum Gasteiger partial charge on any atom is -0.328 e. The summed E-state index contributed by atoms with van der Waals surface area (Å²) < 4.78 is 3.14. The lowest BCUT2D eigenvalue weighted by Gasteiger charge is -2.18. The highest BCUT2D eigenvalue weighted by Crippen LogP contribution is 2.25. The second-order valence-corrected chi connectivity index (χ2v) is 14.5. The fourth-order valence-electron chi connectivity index (χ4n) is 2.47. The lowest BCUT2D eigenvalue weighted by atomic mass is 9.88. The Bertz CT molecular complexity index is 946. The molecule has 37 heavy (non-hydrogen) atoms. The van der Waals surface area contributed by atoms with Crippen LogP contribution in [0.15, 0.2) is 68.8 Å². The Balaban J connectivity index is 0.000000490. The average molecular weight is 724 g/mol. The van der Waals surface area contributed by atoms with E-state index in [0.29, 0.717) is 0 Å². The van der Waals surface area contributed by atoms with E-state index in [0.717, 1.165) is 13.4 Å². The molecule has 0 aromatic carbocycles. The van der Waals surface area contributed by atoms with Crippen molar-refractivity contribution >= 4 is 56.4 Å². The molecule has 0 bridgehead atoms. The molecule has 10 heteroatoms. The second-order valence-electron chi connectivity index (χ2n) is 11.2. The van der Waals surface area contributed by atoms with Crippen LogP contribution in [0, 0.1) is 0 Å². The van der Waals surface area contributed by atoms with E-state index in [1.165, 1.54) is 16.7 Å². The van der Waals surface area contributed by atoms with E-state index >= 15 is 0 Å². The summed E-state index contributed by atoms with van der Waals surface area (Å²) in [7, 11) is -2.62. The van der Waals surface area contributed by atoms with Crippen LogP contribution in [-0.4, -0.2) is 29.6 Å². The molecule has 3 aromatic rings. The second kappa shape index (κ2) is 16.3. The first-order valence-corrected chi connectivity index (χ1v) is 15.0. The molecule has 0 aliphatic rings. The van der Waals surface area contributed by atoms with Gasteiger partial charge in [-0.25, -0.2) is 0 Å². The SMILES string of the molecule is CC(C)(C)c1cncc(Br)c1.CC(C)(C)c1cncc(Br)c1.CC(C)(C)c1cncc(Br)c1.OP(O)O. The van der Waals surface area contributed by atoms with E-state index in [2.05, 4.69) is 143 Å². The van der Waals surface area contributed by atoms with Gasteiger partial charge in [0, 0.05) is 50.6 Å². The zero-order valence-electron chi connectivity index (χ0n) is 23.0. The number of aromatic nitrogens is 3. The summed E-state index contributed by atoms with van der Waals surface area (Å²) in [6.07, 6.45) is 11.1. The van der Waals surface area contributed by atoms with Crippen LogP contribution in [-0.2, 0) is 16.2 Å². The molecule has 0 saturated carbocycles. The molecular formula is C27H39Br3N3O3P. The number of halogens is 3. The highest BCUT2D eigenvalue weighted by molar-refractivity contribution is 9.11. The fourth-order valence-corrected chi connectivity index (χ4v) is 3.56. The lowest BCUT2D eigenvalue weighted by molar-refractivity contribution is 0.368. The minimum atomic E-state index is -2.62. The summed E-state index contributed by atoms with van der Waals surface area (Å²) in [5, 5.41) is 0. The molecule has 0 radical (unpaired) electrons. The molecule has 0 aliphatic carbocycles. The van der Waals surface area contributed by atoms with Gasteiger partial charge >= 0.3 is 8.60 Å². The highest BCUT2D eigenvalue weighted by Gasteiger charge is 2.15. The van der Waals surface area contributed by atoms with Gasteiger partial charge < -0.3 is 14.7 Å². The van der Waals surface area contributed by atoms with Crippen LogP contribution in [0.2, 0.25) is 0 Å². The first-order chi connectivity index (χ1) is 16.7. The third-order valence-corrected chi connectivity index (χ3v) is 6.01. The van der Waals surface area contributed by atoms with Crippen LogP contribution in [0.5, 0.6) is 0 Å². The molecule has 0 amide bonds. The summed E-state index contributed by atoms with van der Waals surface area (Å²) in [5.41, 5.74) is 4.34. The highest BCUT2D eigenvalue weighted by atomic mass is 79.9. The minimum absolute atomic E-state index is 0.191. The Morgan fingerprint density at radius 3 is 0.784 bits per heavy atom. The largest absolute Gasteiger partial charge is 0.328 e. The van der Waals surface area contributed by atoms with Crippen molar-refractivity contribution in [2.75, 3.05) is 0 Å². The Morgan fingerprint density at radius 2 is 0.676 bits per heavy atom. The van der Waals surface area contributed by atoms with Crippen molar-refractivity contribution in [3.05, 3.63) is 85.5 Å². The van der Waals surface area contributed by atoms with E-state index in [1.54, 1.807) is 18.6 Å². The van der Waals surface area contributed by atoms with Gasteiger partial charge in [-0.2, -0.15) is 0 Å². The van der Waals surface area contributed by atoms with Gasteiger partial charge in [0.15, 0.2) is 0 Å². The number of nitrogens with zero attached hydrogens (tertiary/aromatic N) is 3. The van der Waals surface area contributed by atoms with Crippen molar-refractivity contribution in [1.29, 1.82) is 0 Å². The molecule has 0 atom stereocenters. The summed E-state index contributed by atoms with van der Waals surface area (Å²) in [6.45, 7) is 19.6. The number of hydrogen-bond donors (Lipinski definition) is 3. The van der Waals surface area contributed by atoms with E-state index in [1.807, 2.05) is 18.6 Å². The normalized spacial score (nSPS) is 11.4. The molecule has 3 heterocycles. The third-order valence-electron chi connectivity index (χ3n) is 4.71. The lowest BCUT2D eigenvalue weighted by Crippen LogP contribution is -2.11. The number of hydrogen-bond acceptors (Lipinski definition) is 6. The molecular weight excluding hydrogens is 685 g/mol. The topological polar surface area (TPSA) is 99.4 Å². The van der Waals surface area contributed by atoms with Gasteiger partial charge in [-0.15, -0.1) is 0 Å². The van der Waals surface area contributed by atoms with Gasteiger partial charge in [0.05, 0.1) is 0 Å². The molecule has 0 unspecified atom stereocenters. The standard InChI is InChI=1S/3C9H12BrN.H3O3P/c3*1-9(2,3)7-4-8(10)6-11-5-7;1-4(2)3/h3*4-6H,1-3H3;1-3H. The molecule has 3 N–H and O–H groups in total. The van der Waals surface area contributed by atoms with Crippen molar-refractivity contribution < 1.29 is 14.7 Å². The smallest absolute Gasteiger partial charge is 0.324 e. The maximum absolute atomic E-state index is 7.23. The molecule has 0 aliphatic heterocycles. The molecule has 0 spiro atoms. The van der Waals surface area contributed by atoms with Crippen molar-refractivity contribution in [3.63, 3.8) is 0 Å². The zero-order chi connectivity index (χ0) is 29.0. The quantitative estimate of drug-likeness (QED) is 0.201. The van der Waals surface area contributed by atoms with Crippen LogP contribution in [0.1, 0.15) is 79.0 Å². The van der Waals surface area contributed by atoms with Gasteiger partial charge in [-0.1, -0.05) is 62.3 Å². The van der Waals surface area contributed by atoms with Crippen LogP contribution >= 0.6 is 56.4 Å². The maximum atomic E-state index is 7.23. The Morgan fingerprint density at radius 1 is 0.486 bits per heavy atom. The van der Waals surface area contributed by atoms with Crippen LogP contribution in [0.4, 0.5) is 0 Å². The molecule has 3 aromatic heterocycles. The van der Waals surface area contributed by atoms with Crippen LogP contribution in [0.25, 0.3) is 0 Å². The predicted molar refractivity (Wildman–Crippen MR) is 165 cm³/mol. The summed E-state index contributed by atoms with van der Waals surface area (Å²) in [5.74, 6) is 0. The van der Waals surface area contributed by atoms with Gasteiger partial charge in [-0.3, -0.25) is 15.0 Å². The number of pyridine rings is 3. The van der Waals surface area contributed by atoms with Gasteiger partial charge in [0.2, 0.25) is 0 Å². The van der Waals surface area contributed by atoms with E-state index < -0.39 is 8.60 Å². The Labute approximate surface area is 248 Å². The molecule has 6 nitrogen and oxygen atoms in total. The monoisotopic (exact) mass is 721 g/mol. The summed E-state index contributed by atoms with van der Waals surface area (Å²) in [4.78, 5) is 34.0. The Hall–Kier alpha value is -0.800. The zero-order valence-corrected chi connectivity index (χ0v) is 28.6. The summed E-state index contributed by atoms with van der Waals surface area (Å²) >= 11 is 10.2. The van der Waals surface area contributed by atoms with Gasteiger partial charge in [0.1, 0.15) is 0 Å². The molecule has 0 saturated heterocycles. The van der Waals surface area contributed by atoms with Gasteiger partial charge in [0.25, 0.3) is 0 Å². The average Bonchev–Trinajstić information content (AvgIpc) is 2.72. The molecule has 206 valence electrons. The Kier molecular flexibility index (Phi) is 16.0. The van der Waals surface area contributed by atoms with E-state index in [9.17, 15) is 0 Å². The number of rotatable bonds is 0.